The lowest BCUT2D eigenvalue weighted by atomic mass is 9.78. The van der Waals surface area contributed by atoms with Crippen LogP contribution in [0.15, 0.2) is 42.5 Å². The fourth-order valence-electron chi connectivity index (χ4n) is 4.45. The summed E-state index contributed by atoms with van der Waals surface area (Å²) in [5.74, 6) is -5.05. The van der Waals surface area contributed by atoms with Gasteiger partial charge in [0.1, 0.15) is 6.04 Å². The Labute approximate surface area is 208 Å². The quantitative estimate of drug-likeness (QED) is 0.500. The Balaban J connectivity index is 2.25. The first-order valence-corrected chi connectivity index (χ1v) is 11.3. The van der Waals surface area contributed by atoms with Crippen LogP contribution in [0.2, 0.25) is 0 Å². The van der Waals surface area contributed by atoms with E-state index in [-0.39, 0.29) is 17.2 Å². The predicted octanol–water partition coefficient (Wildman–Crippen LogP) is 5.25. The summed E-state index contributed by atoms with van der Waals surface area (Å²) >= 11 is 0. The zero-order valence-electron chi connectivity index (χ0n) is 19.9. The highest BCUT2D eigenvalue weighted by atomic mass is 19.4. The van der Waals surface area contributed by atoms with Gasteiger partial charge in [0.05, 0.1) is 23.1 Å². The molecule has 200 valence electrons. The topological polar surface area (TPSA) is 86.7 Å². The molecule has 0 bridgehead atoms. The van der Waals surface area contributed by atoms with Gasteiger partial charge in [-0.2, -0.15) is 26.3 Å². The summed E-state index contributed by atoms with van der Waals surface area (Å²) < 4.78 is 81.4. The van der Waals surface area contributed by atoms with Gasteiger partial charge in [0, 0.05) is 12.6 Å². The second kappa shape index (κ2) is 10.1. The van der Waals surface area contributed by atoms with Crippen LogP contribution >= 0.6 is 0 Å². The molecule has 12 heteroatoms. The normalized spacial score (nSPS) is 19.7. The van der Waals surface area contributed by atoms with Crippen LogP contribution in [0.25, 0.3) is 0 Å². The maximum Gasteiger partial charge on any atom is 0.416 e. The summed E-state index contributed by atoms with van der Waals surface area (Å²) in [4.78, 5) is 39.3. The molecular weight excluding hydrogens is 506 g/mol. The van der Waals surface area contributed by atoms with Crippen molar-refractivity contribution in [3.05, 3.63) is 70.3 Å². The molecule has 4 atom stereocenters. The van der Waals surface area contributed by atoms with Gasteiger partial charge in [-0.15, -0.1) is 0 Å². The lowest BCUT2D eigenvalue weighted by Crippen LogP contribution is -2.51. The number of carbonyl (C=O) groups excluding carboxylic acids is 2. The number of carboxylic acid groups (broad SMARTS) is 1. The molecule has 3 rings (SSSR count). The number of carbonyl (C=O) groups is 3. The molecule has 0 spiro atoms. The van der Waals surface area contributed by atoms with Gasteiger partial charge in [0.15, 0.2) is 0 Å². The molecular formula is C25H24F6N2O4. The van der Waals surface area contributed by atoms with Crippen LogP contribution in [-0.2, 0) is 21.9 Å². The minimum Gasteiger partial charge on any atom is -0.480 e. The fourth-order valence-corrected chi connectivity index (χ4v) is 4.45. The van der Waals surface area contributed by atoms with Crippen molar-refractivity contribution in [1.29, 1.82) is 0 Å². The van der Waals surface area contributed by atoms with Crippen LogP contribution in [0, 0.1) is 5.92 Å². The van der Waals surface area contributed by atoms with Crippen LogP contribution in [0.4, 0.5) is 26.3 Å². The van der Waals surface area contributed by atoms with Gasteiger partial charge in [0.25, 0.3) is 5.91 Å². The van der Waals surface area contributed by atoms with Crippen LogP contribution in [0.1, 0.15) is 64.8 Å². The summed E-state index contributed by atoms with van der Waals surface area (Å²) in [6, 6.07) is 3.65. The number of hydrogen-bond donors (Lipinski definition) is 2. The first kappa shape index (κ1) is 28.0. The third-order valence-corrected chi connectivity index (χ3v) is 6.59. The molecule has 0 fully saturated rings. The molecule has 0 radical (unpaired) electrons. The van der Waals surface area contributed by atoms with Crippen molar-refractivity contribution < 1.29 is 45.8 Å². The number of nitrogens with zero attached hydrogens (tertiary/aromatic N) is 1. The summed E-state index contributed by atoms with van der Waals surface area (Å²) in [5, 5.41) is 12.0. The highest BCUT2D eigenvalue weighted by molar-refractivity contribution is 6.01. The highest BCUT2D eigenvalue weighted by Crippen LogP contribution is 2.45. The van der Waals surface area contributed by atoms with Crippen LogP contribution in [-0.4, -0.2) is 40.9 Å². The number of nitrogens with one attached hydrogen (secondary N) is 1. The van der Waals surface area contributed by atoms with Gasteiger partial charge in [-0.05, 0) is 41.3 Å². The van der Waals surface area contributed by atoms with Gasteiger partial charge in [-0.25, -0.2) is 4.79 Å². The van der Waals surface area contributed by atoms with Gasteiger partial charge < -0.3 is 15.3 Å². The maximum absolute atomic E-state index is 13.6. The van der Waals surface area contributed by atoms with Gasteiger partial charge >= 0.3 is 18.3 Å². The Morgan fingerprint density at radius 1 is 1.03 bits per heavy atom. The zero-order valence-corrected chi connectivity index (χ0v) is 19.9. The number of alkyl halides is 6. The van der Waals surface area contributed by atoms with E-state index in [2.05, 4.69) is 5.32 Å². The van der Waals surface area contributed by atoms with Crippen molar-refractivity contribution in [2.24, 2.45) is 5.92 Å². The summed E-state index contributed by atoms with van der Waals surface area (Å²) in [6.07, 6.45) is -9.93. The number of carboxylic acids is 1. The van der Waals surface area contributed by atoms with Crippen molar-refractivity contribution in [3.8, 4) is 0 Å². The molecule has 2 aromatic carbocycles. The van der Waals surface area contributed by atoms with Gasteiger partial charge in [0.2, 0.25) is 5.91 Å². The Kier molecular flexibility index (Phi) is 7.62. The number of aliphatic carboxylic acids is 1. The summed E-state index contributed by atoms with van der Waals surface area (Å²) in [7, 11) is 1.17. The molecule has 2 N–H and O–H groups in total. The first-order chi connectivity index (χ1) is 17.1. The van der Waals surface area contributed by atoms with Crippen molar-refractivity contribution in [3.63, 3.8) is 0 Å². The number of hydrogen-bond acceptors (Lipinski definition) is 3. The van der Waals surface area contributed by atoms with Crippen molar-refractivity contribution in [2.45, 2.75) is 50.6 Å². The molecule has 1 aliphatic heterocycles. The Morgan fingerprint density at radius 3 is 2.05 bits per heavy atom. The summed E-state index contributed by atoms with van der Waals surface area (Å²) in [6.45, 7) is 3.27. The standard InChI is InChI=1S/C25H24F6N2O4/c1-4-12(2)19(23(36)37)32-21(34)18-16-7-5-6-8-17(16)22(35)33(3)20(18)13-9-14(24(26,27)28)11-15(10-13)25(29,30)31/h5-12,18-20H,4H2,1-3H3,(H,32,34)(H,36,37). The van der Waals surface area contributed by atoms with E-state index < -0.39 is 70.7 Å². The molecule has 37 heavy (non-hydrogen) atoms. The second-order valence-corrected chi connectivity index (χ2v) is 8.98. The highest BCUT2D eigenvalue weighted by Gasteiger charge is 2.46. The van der Waals surface area contributed by atoms with Crippen molar-refractivity contribution in [1.82, 2.24) is 10.2 Å². The molecule has 1 heterocycles. The smallest absolute Gasteiger partial charge is 0.416 e. The number of rotatable bonds is 6. The lowest BCUT2D eigenvalue weighted by molar-refractivity contribution is -0.144. The average molecular weight is 530 g/mol. The van der Waals surface area contributed by atoms with E-state index in [0.29, 0.717) is 18.6 Å². The van der Waals surface area contributed by atoms with E-state index in [9.17, 15) is 45.8 Å². The van der Waals surface area contributed by atoms with Crippen LogP contribution < -0.4 is 5.32 Å². The van der Waals surface area contributed by atoms with Crippen LogP contribution in [0.5, 0.6) is 0 Å². The molecule has 0 aromatic heterocycles. The number of halogens is 6. The lowest BCUT2D eigenvalue weighted by Gasteiger charge is -2.40. The minimum absolute atomic E-state index is 0.0276. The fraction of sp³-hybridized carbons (Fsp3) is 0.400. The summed E-state index contributed by atoms with van der Waals surface area (Å²) in [5.41, 5.74) is -3.67. The van der Waals surface area contributed by atoms with E-state index in [1.54, 1.807) is 13.8 Å². The zero-order chi connectivity index (χ0) is 27.9. The van der Waals surface area contributed by atoms with E-state index in [1.165, 1.54) is 31.3 Å². The number of benzene rings is 2. The molecule has 0 saturated carbocycles. The van der Waals surface area contributed by atoms with E-state index >= 15 is 0 Å². The maximum atomic E-state index is 13.6. The van der Waals surface area contributed by atoms with Crippen molar-refractivity contribution >= 4 is 17.8 Å². The predicted molar refractivity (Wildman–Crippen MR) is 119 cm³/mol. The molecule has 2 aromatic rings. The van der Waals surface area contributed by atoms with E-state index in [0.717, 1.165) is 4.90 Å². The van der Waals surface area contributed by atoms with E-state index in [1.807, 2.05) is 0 Å². The SMILES string of the molecule is CCC(C)C(NC(=O)C1c2ccccc2C(=O)N(C)C1c1cc(C(F)(F)F)cc(C(F)(F)F)c1)C(=O)O. The number of likely N-dealkylation sites (N-methyl/N-ethyl adjacent to an activating group) is 1. The molecule has 0 saturated heterocycles. The molecule has 0 aliphatic carbocycles. The third-order valence-electron chi connectivity index (χ3n) is 6.59. The Morgan fingerprint density at radius 2 is 1.57 bits per heavy atom. The first-order valence-electron chi connectivity index (χ1n) is 11.3. The molecule has 2 amide bonds. The Hall–Kier alpha value is -3.57. The number of fused-ring (bicyclic) bond motifs is 1. The van der Waals surface area contributed by atoms with Gasteiger partial charge in [-0.1, -0.05) is 38.5 Å². The average Bonchev–Trinajstić information content (AvgIpc) is 2.82. The van der Waals surface area contributed by atoms with Gasteiger partial charge in [-0.3, -0.25) is 9.59 Å². The van der Waals surface area contributed by atoms with Crippen molar-refractivity contribution in [2.75, 3.05) is 7.05 Å². The largest absolute Gasteiger partial charge is 0.480 e. The molecule has 1 aliphatic rings. The molecule has 4 unspecified atom stereocenters. The number of amides is 2. The molecule has 6 nitrogen and oxygen atoms in total. The monoisotopic (exact) mass is 530 g/mol. The third kappa shape index (κ3) is 5.57. The second-order valence-electron chi connectivity index (χ2n) is 8.98. The minimum atomic E-state index is -5.14. The van der Waals surface area contributed by atoms with Crippen LogP contribution in [0.3, 0.4) is 0 Å². The Bertz CT molecular complexity index is 1180. The van der Waals surface area contributed by atoms with E-state index in [4.69, 9.17) is 0 Å².